The maximum atomic E-state index is 17.4. The number of fused-ring (bicyclic) bond motifs is 2. The van der Waals surface area contributed by atoms with Crippen LogP contribution >= 0.6 is 22.9 Å². The molecule has 2 N–H and O–H groups in total. The number of amides is 1. The highest BCUT2D eigenvalue weighted by Crippen LogP contribution is 2.52. The van der Waals surface area contributed by atoms with Gasteiger partial charge in [0.25, 0.3) is 0 Å². The van der Waals surface area contributed by atoms with Crippen molar-refractivity contribution in [2.75, 3.05) is 77.2 Å². The van der Waals surface area contributed by atoms with E-state index in [1.54, 1.807) is 11.0 Å². The minimum Gasteiger partial charge on any atom is -0.491 e. The molecule has 2 aromatic heterocycles. The first kappa shape index (κ1) is 36.6. The molecule has 4 aliphatic rings. The molecule has 4 aromatic rings. The Morgan fingerprint density at radius 2 is 2.06 bits per heavy atom. The zero-order chi connectivity index (χ0) is 37.9. The second-order valence-electron chi connectivity index (χ2n) is 14.8. The fourth-order valence-electron chi connectivity index (χ4n) is 8.56. The Morgan fingerprint density at radius 3 is 2.85 bits per heavy atom. The molecule has 1 unspecified atom stereocenters. The molecule has 3 saturated heterocycles. The quantitative estimate of drug-likeness (QED) is 0.152. The molecule has 0 saturated carbocycles. The Labute approximate surface area is 319 Å². The molecular formula is C38H40ClF3N8O3S. The van der Waals surface area contributed by atoms with Gasteiger partial charge >= 0.3 is 6.01 Å². The largest absolute Gasteiger partial charge is 0.491 e. The number of nitrogens with two attached hydrogens (primary N) is 1. The third kappa shape index (κ3) is 6.26. The van der Waals surface area contributed by atoms with Crippen molar-refractivity contribution in [1.82, 2.24) is 24.7 Å². The maximum absolute atomic E-state index is 17.4. The van der Waals surface area contributed by atoms with E-state index in [-0.39, 0.29) is 84.7 Å². The van der Waals surface area contributed by atoms with Crippen molar-refractivity contribution in [3.63, 3.8) is 0 Å². The van der Waals surface area contributed by atoms with E-state index in [0.717, 1.165) is 30.7 Å². The van der Waals surface area contributed by atoms with Gasteiger partial charge in [-0.25, -0.2) is 18.0 Å². The number of hydrogen-bond donors (Lipinski definition) is 1. The van der Waals surface area contributed by atoms with Crippen LogP contribution in [0.2, 0.25) is 5.02 Å². The number of likely N-dealkylation sites (tertiary alicyclic amines) is 1. The Balaban J connectivity index is 1.28. The minimum atomic E-state index is -0.970. The molecule has 54 heavy (non-hydrogen) atoms. The van der Waals surface area contributed by atoms with E-state index in [1.807, 2.05) is 25.1 Å². The van der Waals surface area contributed by atoms with E-state index in [1.165, 1.54) is 12.1 Å². The summed E-state index contributed by atoms with van der Waals surface area (Å²) in [5.74, 6) is -1.02. The summed E-state index contributed by atoms with van der Waals surface area (Å²) in [7, 11) is 3.86. The third-order valence-electron chi connectivity index (χ3n) is 11.1. The maximum Gasteiger partial charge on any atom is 0.319 e. The van der Waals surface area contributed by atoms with Crippen LogP contribution in [0.25, 0.3) is 37.0 Å². The van der Waals surface area contributed by atoms with Crippen LogP contribution in [-0.2, 0) is 4.79 Å². The number of nitrogens with zero attached hydrogens (tertiary/aromatic N) is 7. The minimum absolute atomic E-state index is 0.00206. The van der Waals surface area contributed by atoms with Crippen LogP contribution in [0, 0.1) is 18.2 Å². The van der Waals surface area contributed by atoms with E-state index in [4.69, 9.17) is 38.4 Å². The summed E-state index contributed by atoms with van der Waals surface area (Å²) < 4.78 is 60.0. The normalized spacial score (nSPS) is 23.0. The van der Waals surface area contributed by atoms with Gasteiger partial charge in [0.05, 0.1) is 38.8 Å². The lowest BCUT2D eigenvalue weighted by Gasteiger charge is -2.34. The lowest BCUT2D eigenvalue weighted by Crippen LogP contribution is -2.43. The lowest BCUT2D eigenvalue weighted by atomic mass is 9.95. The molecule has 16 heteroatoms. The highest BCUT2D eigenvalue weighted by Gasteiger charge is 2.49. The summed E-state index contributed by atoms with van der Waals surface area (Å²) in [6, 6.07) is 2.32. The van der Waals surface area contributed by atoms with Gasteiger partial charge in [-0.05, 0) is 58.0 Å². The number of aromatic nitrogens is 2. The van der Waals surface area contributed by atoms with Gasteiger partial charge in [0.1, 0.15) is 29.9 Å². The zero-order valence-electron chi connectivity index (χ0n) is 30.0. The first-order chi connectivity index (χ1) is 26.0. The first-order valence-electron chi connectivity index (χ1n) is 18.1. The number of anilines is 2. The Kier molecular flexibility index (Phi) is 9.74. The van der Waals surface area contributed by atoms with E-state index in [9.17, 15) is 9.18 Å². The number of alkyl halides is 1. The predicted molar refractivity (Wildman–Crippen MR) is 205 cm³/mol. The number of halogens is 4. The molecule has 1 amide bonds. The van der Waals surface area contributed by atoms with Crippen molar-refractivity contribution in [2.24, 2.45) is 0 Å². The smallest absolute Gasteiger partial charge is 0.319 e. The summed E-state index contributed by atoms with van der Waals surface area (Å²) in [4.78, 5) is 34.2. The highest BCUT2D eigenvalue weighted by atomic mass is 35.5. The molecule has 11 nitrogen and oxygen atoms in total. The first-order valence-corrected chi connectivity index (χ1v) is 19.3. The SMILES string of the molecule is [C-]#[N+]c1c(N)sc2c(F)ccc(-c3c(Cl)c4c5c(nc(OC[C@@]67CCCN6C[C@H](F)C7)nc5c3F)N(C3CCN(C(=O)/C=C/CN(C)C)C3)CCCO4)c12. The number of ether oxygens (including phenoxy) is 2. The van der Waals surface area contributed by atoms with Crippen molar-refractivity contribution >= 4 is 66.3 Å². The van der Waals surface area contributed by atoms with Gasteiger partial charge in [-0.3, -0.25) is 9.69 Å². The fourth-order valence-corrected chi connectivity index (χ4v) is 9.83. The third-order valence-corrected chi connectivity index (χ3v) is 12.4. The molecule has 4 aliphatic heterocycles. The van der Waals surface area contributed by atoms with Gasteiger partial charge in [0.15, 0.2) is 11.6 Å². The average Bonchev–Trinajstić information content (AvgIpc) is 3.91. The average molecular weight is 781 g/mol. The molecule has 6 heterocycles. The van der Waals surface area contributed by atoms with Gasteiger partial charge in [0.2, 0.25) is 11.6 Å². The van der Waals surface area contributed by atoms with Crippen LogP contribution in [0.3, 0.4) is 0 Å². The molecule has 284 valence electrons. The van der Waals surface area contributed by atoms with Crippen molar-refractivity contribution in [3.8, 4) is 22.9 Å². The number of likely N-dealkylation sites (N-methyl/N-ethyl adjacent to an activating group) is 1. The Morgan fingerprint density at radius 1 is 1.22 bits per heavy atom. The number of nitrogen functional groups attached to an aromatic ring is 1. The van der Waals surface area contributed by atoms with Crippen molar-refractivity contribution in [2.45, 2.75) is 49.9 Å². The molecule has 0 spiro atoms. The number of benzene rings is 2. The second-order valence-corrected chi connectivity index (χ2v) is 16.2. The van der Waals surface area contributed by atoms with Crippen LogP contribution in [-0.4, -0.2) is 115 Å². The summed E-state index contributed by atoms with van der Waals surface area (Å²) in [5, 5.41) is 0.410. The van der Waals surface area contributed by atoms with Crippen molar-refractivity contribution in [1.29, 1.82) is 0 Å². The topological polar surface area (TPSA) is 105 Å². The van der Waals surface area contributed by atoms with Crippen LogP contribution in [0.5, 0.6) is 11.8 Å². The van der Waals surface area contributed by atoms with E-state index in [0.29, 0.717) is 57.8 Å². The zero-order valence-corrected chi connectivity index (χ0v) is 31.6. The van der Waals surface area contributed by atoms with Gasteiger partial charge in [-0.15, -0.1) is 11.3 Å². The number of thiophene rings is 1. The summed E-state index contributed by atoms with van der Waals surface area (Å²) in [6.45, 7) is 11.3. The summed E-state index contributed by atoms with van der Waals surface area (Å²) >= 11 is 8.04. The fraction of sp³-hybridized carbons (Fsp3) is 0.474. The number of carbonyl (C=O) groups is 1. The molecule has 8 rings (SSSR count). The molecule has 3 atom stereocenters. The Bertz CT molecular complexity index is 2230. The van der Waals surface area contributed by atoms with E-state index >= 15 is 8.78 Å². The standard InChI is InChI=1S/C38H40ClF3N8O3S/c1-44-32-27-23(8-9-24(41)34(27)54-35(32)43)26-29(39)33-28-31(30(26)42)45-37(53-20-38-11-5-13-49(38)18-21(40)17-38)46-36(28)50(14-6-16-52-33)22-10-15-48(19-22)25(51)7-4-12-47(2)3/h4,7-9,21-22H,5-6,10-20,43H2,2-3H3/b7-4+/t21-,22?,38+/m1/s1. The van der Waals surface area contributed by atoms with Crippen LogP contribution in [0.15, 0.2) is 24.3 Å². The number of hydrogen-bond acceptors (Lipinski definition) is 10. The predicted octanol–water partition coefficient (Wildman–Crippen LogP) is 6.84. The van der Waals surface area contributed by atoms with Gasteiger partial charge < -0.3 is 29.9 Å². The molecule has 0 radical (unpaired) electrons. The van der Waals surface area contributed by atoms with Crippen LogP contribution < -0.4 is 20.1 Å². The highest BCUT2D eigenvalue weighted by molar-refractivity contribution is 7.23. The van der Waals surface area contributed by atoms with E-state index < -0.39 is 23.3 Å². The van der Waals surface area contributed by atoms with Gasteiger partial charge in [-0.2, -0.15) is 9.97 Å². The van der Waals surface area contributed by atoms with E-state index in [2.05, 4.69) is 19.6 Å². The molecule has 0 aliphatic carbocycles. The summed E-state index contributed by atoms with van der Waals surface area (Å²) in [6.07, 6.45) is 5.65. The monoisotopic (exact) mass is 780 g/mol. The molecular weight excluding hydrogens is 741 g/mol. The summed E-state index contributed by atoms with van der Waals surface area (Å²) in [5.41, 5.74) is 5.56. The van der Waals surface area contributed by atoms with Crippen LogP contribution in [0.1, 0.15) is 32.1 Å². The lowest BCUT2D eigenvalue weighted by molar-refractivity contribution is -0.125. The van der Waals surface area contributed by atoms with Crippen molar-refractivity contribution in [3.05, 3.63) is 52.4 Å². The van der Waals surface area contributed by atoms with Gasteiger partial charge in [0, 0.05) is 62.2 Å². The van der Waals surface area contributed by atoms with Gasteiger partial charge in [-0.1, -0.05) is 23.7 Å². The van der Waals surface area contributed by atoms with Crippen molar-refractivity contribution < 1.29 is 27.4 Å². The number of carbonyl (C=O) groups excluding carboxylic acids is 1. The molecule has 2 aromatic carbocycles. The molecule has 3 fully saturated rings. The number of rotatable bonds is 8. The second kappa shape index (κ2) is 14.4. The van der Waals surface area contributed by atoms with Crippen LogP contribution in [0.4, 0.5) is 29.7 Å². The molecule has 0 bridgehead atoms. The Hall–Kier alpha value is -4.36.